The summed E-state index contributed by atoms with van der Waals surface area (Å²) in [4.78, 5) is 15.8. The maximum absolute atomic E-state index is 5.57. The number of rotatable bonds is 7. The average molecular weight is 684 g/mol. The molecular weight excluding hydrogens is 643 g/mol. The van der Waals surface area contributed by atoms with E-state index in [-0.39, 0.29) is 12.0 Å². The zero-order valence-corrected chi connectivity index (χ0v) is 30.4. The van der Waals surface area contributed by atoms with Crippen LogP contribution in [0.4, 0.5) is 0 Å². The van der Waals surface area contributed by atoms with Crippen LogP contribution in [0.15, 0.2) is 180 Å². The fourth-order valence-corrected chi connectivity index (χ4v) is 8.78. The first kappa shape index (κ1) is 32.7. The third kappa shape index (κ3) is 5.47. The molecule has 1 aliphatic heterocycles. The standard InChI is InChI=1S/C50H41N3/c1-4-41-47(36-16-8-5-9-17-36)52-49(53-48(41)37-27-25-35(26-28-37)42-30-24-33(2)51-34(42)3)38-29-31-44-43-22-14-15-23-45(43)50(46(44)32-38,39-18-10-6-11-19-39)40-20-12-7-13-21-40/h5-32,41,48H,4H2,1-3H3. The number of aromatic nitrogens is 1. The van der Waals surface area contributed by atoms with Crippen molar-refractivity contribution in [1.82, 2.24) is 4.98 Å². The van der Waals surface area contributed by atoms with Gasteiger partial charge in [-0.2, -0.15) is 0 Å². The second kappa shape index (κ2) is 13.4. The van der Waals surface area contributed by atoms with Crippen LogP contribution in [0, 0.1) is 19.8 Å². The molecule has 0 spiro atoms. The number of hydrogen-bond donors (Lipinski definition) is 0. The molecule has 2 unspecified atom stereocenters. The first-order valence-electron chi connectivity index (χ1n) is 18.7. The number of aliphatic imine (C=N–C) groups is 2. The Labute approximate surface area is 312 Å². The lowest BCUT2D eigenvalue weighted by Crippen LogP contribution is -2.29. The van der Waals surface area contributed by atoms with Crippen molar-refractivity contribution >= 4 is 11.5 Å². The minimum Gasteiger partial charge on any atom is -0.258 e. The Hall–Kier alpha value is -6.19. The van der Waals surface area contributed by atoms with Gasteiger partial charge in [0.2, 0.25) is 0 Å². The van der Waals surface area contributed by atoms with E-state index in [4.69, 9.17) is 15.0 Å². The lowest BCUT2D eigenvalue weighted by molar-refractivity contribution is 0.532. The normalized spacial score (nSPS) is 17.0. The van der Waals surface area contributed by atoms with E-state index in [2.05, 4.69) is 184 Å². The predicted octanol–water partition coefficient (Wildman–Crippen LogP) is 11.7. The molecule has 7 aromatic rings. The van der Waals surface area contributed by atoms with Gasteiger partial charge in [0.05, 0.1) is 17.2 Å². The Morgan fingerprint density at radius 2 is 1.11 bits per heavy atom. The molecule has 256 valence electrons. The summed E-state index contributed by atoms with van der Waals surface area (Å²) in [6, 6.07) is 61.5. The van der Waals surface area contributed by atoms with Crippen LogP contribution in [-0.2, 0) is 5.41 Å². The highest BCUT2D eigenvalue weighted by Crippen LogP contribution is 2.56. The van der Waals surface area contributed by atoms with Crippen LogP contribution in [0.1, 0.15) is 69.7 Å². The second-order valence-electron chi connectivity index (χ2n) is 14.3. The molecule has 3 nitrogen and oxygen atoms in total. The molecule has 0 saturated carbocycles. The quantitative estimate of drug-likeness (QED) is 0.165. The van der Waals surface area contributed by atoms with E-state index in [0.717, 1.165) is 46.0 Å². The third-order valence-electron chi connectivity index (χ3n) is 11.2. The summed E-state index contributed by atoms with van der Waals surface area (Å²) in [6.45, 7) is 6.38. The number of fused-ring (bicyclic) bond motifs is 3. The Bertz CT molecular complexity index is 2460. The van der Waals surface area contributed by atoms with Gasteiger partial charge in [-0.15, -0.1) is 0 Å². The maximum Gasteiger partial charge on any atom is 0.155 e. The van der Waals surface area contributed by atoms with E-state index < -0.39 is 5.41 Å². The molecule has 0 saturated heterocycles. The van der Waals surface area contributed by atoms with E-state index in [1.54, 1.807) is 0 Å². The number of aryl methyl sites for hydroxylation is 2. The fourth-order valence-electron chi connectivity index (χ4n) is 8.78. The molecule has 0 N–H and O–H groups in total. The fraction of sp³-hybridized carbons (Fsp3) is 0.140. The van der Waals surface area contributed by atoms with E-state index in [0.29, 0.717) is 0 Å². The van der Waals surface area contributed by atoms with Gasteiger partial charge < -0.3 is 0 Å². The van der Waals surface area contributed by atoms with E-state index in [1.165, 1.54) is 44.5 Å². The molecule has 2 aliphatic rings. The van der Waals surface area contributed by atoms with Crippen LogP contribution in [0.5, 0.6) is 0 Å². The van der Waals surface area contributed by atoms with E-state index in [9.17, 15) is 0 Å². The number of hydrogen-bond acceptors (Lipinski definition) is 3. The highest BCUT2D eigenvalue weighted by Gasteiger charge is 2.46. The molecule has 0 amide bonds. The van der Waals surface area contributed by atoms with E-state index >= 15 is 0 Å². The molecule has 0 bridgehead atoms. The van der Waals surface area contributed by atoms with Crippen LogP contribution < -0.4 is 0 Å². The summed E-state index contributed by atoms with van der Waals surface area (Å²) >= 11 is 0. The van der Waals surface area contributed by atoms with Gasteiger partial charge in [-0.3, -0.25) is 9.98 Å². The van der Waals surface area contributed by atoms with Crippen LogP contribution in [0.3, 0.4) is 0 Å². The highest BCUT2D eigenvalue weighted by molar-refractivity contribution is 6.15. The van der Waals surface area contributed by atoms with Gasteiger partial charge in [0.25, 0.3) is 0 Å². The lowest BCUT2D eigenvalue weighted by Gasteiger charge is -2.34. The Morgan fingerprint density at radius 1 is 0.528 bits per heavy atom. The monoisotopic (exact) mass is 683 g/mol. The van der Waals surface area contributed by atoms with Gasteiger partial charge in [-0.25, -0.2) is 4.99 Å². The van der Waals surface area contributed by atoms with Gasteiger partial charge in [0.15, 0.2) is 5.84 Å². The molecule has 6 aromatic carbocycles. The van der Waals surface area contributed by atoms with Crippen LogP contribution in [0.25, 0.3) is 22.3 Å². The number of pyridine rings is 1. The van der Waals surface area contributed by atoms with Crippen molar-refractivity contribution in [3.05, 3.63) is 220 Å². The molecule has 53 heavy (non-hydrogen) atoms. The summed E-state index contributed by atoms with van der Waals surface area (Å²) in [7, 11) is 0. The van der Waals surface area contributed by atoms with Crippen molar-refractivity contribution in [2.24, 2.45) is 15.9 Å². The lowest BCUT2D eigenvalue weighted by atomic mass is 9.67. The topological polar surface area (TPSA) is 37.6 Å². The molecule has 0 fully saturated rings. The molecule has 2 atom stereocenters. The molecule has 0 radical (unpaired) electrons. The summed E-state index contributed by atoms with van der Waals surface area (Å²) < 4.78 is 0. The Morgan fingerprint density at radius 3 is 1.77 bits per heavy atom. The van der Waals surface area contributed by atoms with Crippen LogP contribution in [0.2, 0.25) is 0 Å². The second-order valence-corrected chi connectivity index (χ2v) is 14.3. The Kier molecular flexibility index (Phi) is 8.28. The summed E-state index contributed by atoms with van der Waals surface area (Å²) in [5, 5.41) is 0. The predicted molar refractivity (Wildman–Crippen MR) is 219 cm³/mol. The highest BCUT2D eigenvalue weighted by atomic mass is 15.0. The van der Waals surface area contributed by atoms with Gasteiger partial charge >= 0.3 is 0 Å². The van der Waals surface area contributed by atoms with Crippen molar-refractivity contribution in [3.63, 3.8) is 0 Å². The minimum absolute atomic E-state index is 0.0903. The Balaban J connectivity index is 1.23. The zero-order chi connectivity index (χ0) is 35.9. The largest absolute Gasteiger partial charge is 0.258 e. The maximum atomic E-state index is 5.57. The first-order valence-corrected chi connectivity index (χ1v) is 18.7. The average Bonchev–Trinajstić information content (AvgIpc) is 3.52. The van der Waals surface area contributed by atoms with Gasteiger partial charge in [-0.05, 0) is 82.5 Å². The number of amidine groups is 1. The SMILES string of the molecule is CCC1C(c2ccccc2)=NC(c2ccc3c(c2)C(c2ccccc2)(c2ccccc2)c2ccccc2-3)=NC1c1ccc(-c2ccc(C)nc2C)cc1. The van der Waals surface area contributed by atoms with Crippen molar-refractivity contribution in [3.8, 4) is 22.3 Å². The minimum atomic E-state index is -0.490. The van der Waals surface area contributed by atoms with Gasteiger partial charge in [0.1, 0.15) is 0 Å². The zero-order valence-electron chi connectivity index (χ0n) is 30.4. The van der Waals surface area contributed by atoms with Gasteiger partial charge in [0, 0.05) is 28.4 Å². The number of benzene rings is 6. The molecule has 1 aliphatic carbocycles. The molecular formula is C50H41N3. The molecule has 1 aromatic heterocycles. The number of nitrogens with zero attached hydrogens (tertiary/aromatic N) is 3. The van der Waals surface area contributed by atoms with Crippen molar-refractivity contribution < 1.29 is 0 Å². The molecule has 3 heteroatoms. The first-order chi connectivity index (χ1) is 26.1. The van der Waals surface area contributed by atoms with Crippen LogP contribution >= 0.6 is 0 Å². The smallest absolute Gasteiger partial charge is 0.155 e. The summed E-state index contributed by atoms with van der Waals surface area (Å²) in [5.74, 6) is 0.899. The van der Waals surface area contributed by atoms with Crippen molar-refractivity contribution in [2.45, 2.75) is 38.6 Å². The van der Waals surface area contributed by atoms with Crippen LogP contribution in [-0.4, -0.2) is 16.5 Å². The van der Waals surface area contributed by atoms with E-state index in [1.807, 2.05) is 6.92 Å². The molecule has 2 heterocycles. The van der Waals surface area contributed by atoms with Crippen molar-refractivity contribution in [2.75, 3.05) is 0 Å². The summed E-state index contributed by atoms with van der Waals surface area (Å²) in [5.41, 5.74) is 15.9. The summed E-state index contributed by atoms with van der Waals surface area (Å²) in [6.07, 6.45) is 0.919. The van der Waals surface area contributed by atoms with Crippen molar-refractivity contribution in [1.29, 1.82) is 0 Å². The molecule has 9 rings (SSSR count). The van der Waals surface area contributed by atoms with Gasteiger partial charge in [-0.1, -0.05) is 165 Å². The third-order valence-corrected chi connectivity index (χ3v) is 11.2.